The minimum absolute atomic E-state index is 0.286. The highest BCUT2D eigenvalue weighted by molar-refractivity contribution is 9.10. The molecule has 0 unspecified atom stereocenters. The summed E-state index contributed by atoms with van der Waals surface area (Å²) in [5.74, 6) is 0.286. The monoisotopic (exact) mass is 331 g/mol. The predicted molar refractivity (Wildman–Crippen MR) is 84.9 cm³/mol. The number of aromatic nitrogens is 1. The van der Waals surface area contributed by atoms with Crippen LogP contribution in [0.25, 0.3) is 5.69 Å². The zero-order valence-corrected chi connectivity index (χ0v) is 13.7. The normalized spacial score (nSPS) is 14.5. The Balaban J connectivity index is 2.29. The minimum atomic E-state index is 0.286. The molecule has 2 aromatic rings. The van der Waals surface area contributed by atoms with Gasteiger partial charge >= 0.3 is 0 Å². The van der Waals surface area contributed by atoms with Crippen LogP contribution in [0, 0.1) is 20.8 Å². The lowest BCUT2D eigenvalue weighted by Gasteiger charge is -2.19. The summed E-state index contributed by atoms with van der Waals surface area (Å²) in [6.45, 7) is 6.31. The maximum Gasteiger partial charge on any atom is 0.164 e. The smallest absolute Gasteiger partial charge is 0.164 e. The van der Waals surface area contributed by atoms with Crippen LogP contribution in [-0.4, -0.2) is 10.4 Å². The molecule has 0 saturated carbocycles. The van der Waals surface area contributed by atoms with Crippen LogP contribution in [0.5, 0.6) is 0 Å². The molecule has 0 fully saturated rings. The van der Waals surface area contributed by atoms with Gasteiger partial charge in [0.2, 0.25) is 0 Å². The van der Waals surface area contributed by atoms with Gasteiger partial charge in [0, 0.05) is 27.8 Å². The third-order valence-corrected chi connectivity index (χ3v) is 4.63. The van der Waals surface area contributed by atoms with Crippen LogP contribution in [0.2, 0.25) is 0 Å². The summed E-state index contributed by atoms with van der Waals surface area (Å²) < 4.78 is 3.35. The third kappa shape index (κ3) is 2.05. The number of rotatable bonds is 1. The van der Waals surface area contributed by atoms with Gasteiger partial charge in [-0.2, -0.15) is 0 Å². The van der Waals surface area contributed by atoms with E-state index in [1.54, 1.807) is 0 Å². The summed E-state index contributed by atoms with van der Waals surface area (Å²) >= 11 is 3.69. The molecule has 1 heterocycles. The molecule has 0 N–H and O–H groups in total. The Kier molecular flexibility index (Phi) is 3.33. The molecule has 0 bridgehead atoms. The highest BCUT2D eigenvalue weighted by Crippen LogP contribution is 2.33. The Hall–Kier alpha value is -1.35. The number of benzene rings is 1. The quantitative estimate of drug-likeness (QED) is 0.743. The largest absolute Gasteiger partial charge is 0.316 e. The van der Waals surface area contributed by atoms with Crippen molar-refractivity contribution in [1.82, 2.24) is 4.57 Å². The van der Waals surface area contributed by atoms with Gasteiger partial charge < -0.3 is 4.57 Å². The topological polar surface area (TPSA) is 22.0 Å². The van der Waals surface area contributed by atoms with E-state index in [-0.39, 0.29) is 5.78 Å². The Morgan fingerprint density at radius 2 is 1.85 bits per heavy atom. The first-order valence-electron chi connectivity index (χ1n) is 7.00. The van der Waals surface area contributed by atoms with E-state index in [9.17, 15) is 4.79 Å². The van der Waals surface area contributed by atoms with Gasteiger partial charge in [0.25, 0.3) is 0 Å². The van der Waals surface area contributed by atoms with Crippen LogP contribution < -0.4 is 0 Å². The SMILES string of the molecule is Cc1cc(C)c(-n2c(C)cc3c2CCCC3=O)c(Br)c1. The summed E-state index contributed by atoms with van der Waals surface area (Å²) in [5, 5.41) is 0. The third-order valence-electron chi connectivity index (χ3n) is 4.03. The average Bonchev–Trinajstić information content (AvgIpc) is 2.67. The fourth-order valence-corrected chi connectivity index (χ4v) is 4.08. The van der Waals surface area contributed by atoms with Crippen molar-refractivity contribution in [2.45, 2.75) is 40.0 Å². The fourth-order valence-electron chi connectivity index (χ4n) is 3.23. The summed E-state index contributed by atoms with van der Waals surface area (Å²) in [5.41, 5.74) is 6.87. The van der Waals surface area contributed by atoms with Gasteiger partial charge in [-0.05, 0) is 72.8 Å². The van der Waals surface area contributed by atoms with Gasteiger partial charge in [-0.25, -0.2) is 0 Å². The molecule has 20 heavy (non-hydrogen) atoms. The lowest BCUT2D eigenvalue weighted by atomic mass is 9.96. The summed E-state index contributed by atoms with van der Waals surface area (Å²) in [6.07, 6.45) is 2.62. The van der Waals surface area contributed by atoms with Gasteiger partial charge in [-0.15, -0.1) is 0 Å². The number of halogens is 1. The average molecular weight is 332 g/mol. The molecule has 3 rings (SSSR count). The van der Waals surface area contributed by atoms with Gasteiger partial charge in [0.15, 0.2) is 5.78 Å². The van der Waals surface area contributed by atoms with Gasteiger partial charge in [0.05, 0.1) is 5.69 Å². The fraction of sp³-hybridized carbons (Fsp3) is 0.353. The molecule has 3 heteroatoms. The van der Waals surface area contributed by atoms with Crippen molar-refractivity contribution in [2.24, 2.45) is 0 Å². The predicted octanol–water partition coefficient (Wildman–Crippen LogP) is 4.68. The number of aryl methyl sites for hydroxylation is 3. The summed E-state index contributed by atoms with van der Waals surface area (Å²) in [4.78, 5) is 12.1. The van der Waals surface area contributed by atoms with Gasteiger partial charge in [-0.1, -0.05) is 6.07 Å². The van der Waals surface area contributed by atoms with E-state index < -0.39 is 0 Å². The molecule has 0 atom stereocenters. The molecule has 0 amide bonds. The first-order chi connectivity index (χ1) is 9.49. The van der Waals surface area contributed by atoms with Crippen molar-refractivity contribution in [2.75, 3.05) is 0 Å². The van der Waals surface area contributed by atoms with Crippen LogP contribution in [0.3, 0.4) is 0 Å². The zero-order valence-electron chi connectivity index (χ0n) is 12.1. The highest BCUT2D eigenvalue weighted by atomic mass is 79.9. The van der Waals surface area contributed by atoms with Crippen molar-refractivity contribution >= 4 is 21.7 Å². The van der Waals surface area contributed by atoms with Crippen molar-refractivity contribution in [3.63, 3.8) is 0 Å². The molecule has 1 aliphatic rings. The lowest BCUT2D eigenvalue weighted by Crippen LogP contribution is -2.13. The van der Waals surface area contributed by atoms with Crippen LogP contribution >= 0.6 is 15.9 Å². The number of fused-ring (bicyclic) bond motifs is 1. The molecule has 2 nitrogen and oxygen atoms in total. The molecule has 0 saturated heterocycles. The Morgan fingerprint density at radius 1 is 1.10 bits per heavy atom. The number of ketones is 1. The van der Waals surface area contributed by atoms with Crippen molar-refractivity contribution in [3.05, 3.63) is 50.8 Å². The Morgan fingerprint density at radius 3 is 2.55 bits per heavy atom. The lowest BCUT2D eigenvalue weighted by molar-refractivity contribution is 0.0972. The molecule has 0 aliphatic heterocycles. The molecule has 104 valence electrons. The number of carbonyl (C=O) groups is 1. The Bertz CT molecular complexity index is 689. The van der Waals surface area contributed by atoms with E-state index in [0.717, 1.165) is 28.6 Å². The molecule has 1 aromatic carbocycles. The number of carbonyl (C=O) groups excluding carboxylic acids is 1. The summed E-state index contributed by atoms with van der Waals surface area (Å²) in [6, 6.07) is 6.37. The highest BCUT2D eigenvalue weighted by Gasteiger charge is 2.24. The molecular formula is C17H18BrNO. The number of hydrogen-bond acceptors (Lipinski definition) is 1. The summed E-state index contributed by atoms with van der Waals surface area (Å²) in [7, 11) is 0. The maximum atomic E-state index is 12.1. The first kappa shape index (κ1) is 13.6. The second-order valence-electron chi connectivity index (χ2n) is 5.67. The van der Waals surface area contributed by atoms with E-state index >= 15 is 0 Å². The van der Waals surface area contributed by atoms with E-state index in [1.807, 2.05) is 6.07 Å². The van der Waals surface area contributed by atoms with Gasteiger partial charge in [0.1, 0.15) is 0 Å². The number of nitrogens with zero attached hydrogens (tertiary/aromatic N) is 1. The second kappa shape index (κ2) is 4.88. The molecule has 1 aliphatic carbocycles. The van der Waals surface area contributed by atoms with E-state index in [4.69, 9.17) is 0 Å². The molecular weight excluding hydrogens is 314 g/mol. The van der Waals surface area contributed by atoms with Crippen molar-refractivity contribution < 1.29 is 4.79 Å². The number of hydrogen-bond donors (Lipinski definition) is 0. The second-order valence-corrected chi connectivity index (χ2v) is 6.52. The van der Waals surface area contributed by atoms with Crippen LogP contribution in [-0.2, 0) is 6.42 Å². The van der Waals surface area contributed by atoms with E-state index in [1.165, 1.54) is 22.5 Å². The molecule has 0 spiro atoms. The Labute approximate surface area is 127 Å². The maximum absolute atomic E-state index is 12.1. The number of Topliss-reactive ketones (excluding diaryl/α,β-unsaturated/α-hetero) is 1. The van der Waals surface area contributed by atoms with Crippen LogP contribution in [0.1, 0.15) is 45.7 Å². The van der Waals surface area contributed by atoms with Gasteiger partial charge in [-0.3, -0.25) is 4.79 Å². The van der Waals surface area contributed by atoms with E-state index in [2.05, 4.69) is 53.4 Å². The van der Waals surface area contributed by atoms with Crippen LogP contribution in [0.15, 0.2) is 22.7 Å². The standard InChI is InChI=1S/C17H18BrNO/c1-10-7-11(2)17(14(18)8-10)19-12(3)9-13-15(19)5-4-6-16(13)20/h7-9H,4-6H2,1-3H3. The van der Waals surface area contributed by atoms with E-state index in [0.29, 0.717) is 6.42 Å². The van der Waals surface area contributed by atoms with Crippen molar-refractivity contribution in [1.29, 1.82) is 0 Å². The van der Waals surface area contributed by atoms with Crippen molar-refractivity contribution in [3.8, 4) is 5.69 Å². The molecule has 1 aromatic heterocycles. The van der Waals surface area contributed by atoms with Crippen LogP contribution in [0.4, 0.5) is 0 Å². The molecule has 0 radical (unpaired) electrons. The minimum Gasteiger partial charge on any atom is -0.316 e. The first-order valence-corrected chi connectivity index (χ1v) is 7.80. The zero-order chi connectivity index (χ0) is 14.4.